The summed E-state index contributed by atoms with van der Waals surface area (Å²) in [7, 11) is 0. The summed E-state index contributed by atoms with van der Waals surface area (Å²) in [5, 5.41) is 2.26. The maximum absolute atomic E-state index is 6.20. The number of hydrogen-bond donors (Lipinski definition) is 0. The first kappa shape index (κ1) is 35.8. The predicted molar refractivity (Wildman–Crippen MR) is 254 cm³/mol. The molecular weight excluding hydrogens is 753 g/mol. The Bertz CT molecular complexity index is 3390. The van der Waals surface area contributed by atoms with Gasteiger partial charge in [-0.15, -0.1) is 0 Å². The molecule has 2 aromatic heterocycles. The van der Waals surface area contributed by atoms with E-state index in [0.717, 1.165) is 66.7 Å². The normalized spacial score (nSPS) is 12.6. The number of para-hydroxylation sites is 1. The standard InChI is InChI=1S/C59H38N2O/c1-4-14-43(15-5-1)58-60-54(38-55(61-58)42-30-26-40(27-31-42)45-33-35-51-50-21-11-13-23-56(50)62-57(51)37-45)41-28-24-39(25-29-41)44-32-34-49-48-20-10-12-22-52(48)59(53(49)36-44,46-16-6-2-7-17-46)47-18-8-3-9-19-47/h1-38H. The Balaban J connectivity index is 0.917. The van der Waals surface area contributed by atoms with Gasteiger partial charge in [0.15, 0.2) is 5.82 Å². The lowest BCUT2D eigenvalue weighted by Crippen LogP contribution is -2.28. The van der Waals surface area contributed by atoms with Crippen LogP contribution in [0.25, 0.3) is 89.2 Å². The molecule has 2 heterocycles. The number of fused-ring (bicyclic) bond motifs is 6. The van der Waals surface area contributed by atoms with Crippen molar-refractivity contribution in [1.29, 1.82) is 0 Å². The third-order valence-corrected chi connectivity index (χ3v) is 12.6. The van der Waals surface area contributed by atoms with E-state index in [1.807, 2.05) is 30.3 Å². The highest BCUT2D eigenvalue weighted by Crippen LogP contribution is 2.56. The minimum absolute atomic E-state index is 0.448. The molecule has 290 valence electrons. The molecular formula is C59H38N2O. The maximum atomic E-state index is 6.20. The molecule has 0 aliphatic heterocycles. The summed E-state index contributed by atoms with van der Waals surface area (Å²) in [6, 6.07) is 82.3. The van der Waals surface area contributed by atoms with Gasteiger partial charge >= 0.3 is 0 Å². The largest absolute Gasteiger partial charge is 0.456 e. The Morgan fingerprint density at radius 3 is 1.45 bits per heavy atom. The summed E-state index contributed by atoms with van der Waals surface area (Å²) in [5.74, 6) is 0.693. The fraction of sp³-hybridized carbons (Fsp3) is 0.0169. The SMILES string of the molecule is c1ccc(-c2nc(-c3ccc(-c4ccc5c(c4)C(c4ccccc4)(c4ccccc4)c4ccccc4-5)cc3)cc(-c3ccc(-c4ccc5c(c4)oc4ccccc45)cc3)n2)cc1. The third-order valence-electron chi connectivity index (χ3n) is 12.6. The van der Waals surface area contributed by atoms with Crippen LogP contribution in [0.2, 0.25) is 0 Å². The van der Waals surface area contributed by atoms with Crippen LogP contribution in [0.4, 0.5) is 0 Å². The summed E-state index contributed by atoms with van der Waals surface area (Å²) in [6.45, 7) is 0. The van der Waals surface area contributed by atoms with E-state index in [1.165, 1.54) is 38.9 Å². The highest BCUT2D eigenvalue weighted by Gasteiger charge is 2.46. The molecule has 0 unspecified atom stereocenters. The van der Waals surface area contributed by atoms with Crippen molar-refractivity contribution >= 4 is 21.9 Å². The average Bonchev–Trinajstić information content (AvgIpc) is 3.88. The number of benzene rings is 9. The van der Waals surface area contributed by atoms with Crippen LogP contribution >= 0.6 is 0 Å². The van der Waals surface area contributed by atoms with Gasteiger partial charge in [0.25, 0.3) is 0 Å². The molecule has 3 nitrogen and oxygen atoms in total. The summed E-state index contributed by atoms with van der Waals surface area (Å²) < 4.78 is 6.20. The van der Waals surface area contributed by atoms with Crippen LogP contribution in [0.5, 0.6) is 0 Å². The second-order valence-corrected chi connectivity index (χ2v) is 16.1. The lowest BCUT2D eigenvalue weighted by atomic mass is 9.67. The molecule has 0 bridgehead atoms. The Labute approximate surface area is 360 Å². The Morgan fingerprint density at radius 1 is 0.306 bits per heavy atom. The van der Waals surface area contributed by atoms with Gasteiger partial charge in [0.2, 0.25) is 0 Å². The zero-order valence-corrected chi connectivity index (χ0v) is 33.7. The van der Waals surface area contributed by atoms with Gasteiger partial charge in [-0.2, -0.15) is 0 Å². The van der Waals surface area contributed by atoms with Crippen LogP contribution in [0, 0.1) is 0 Å². The van der Waals surface area contributed by atoms with Gasteiger partial charge < -0.3 is 4.42 Å². The predicted octanol–water partition coefficient (Wildman–Crippen LogP) is 15.1. The van der Waals surface area contributed by atoms with Gasteiger partial charge in [0, 0.05) is 27.5 Å². The summed E-state index contributed by atoms with van der Waals surface area (Å²) in [4.78, 5) is 10.3. The lowest BCUT2D eigenvalue weighted by Gasteiger charge is -2.34. The van der Waals surface area contributed by atoms with E-state index in [9.17, 15) is 0 Å². The van der Waals surface area contributed by atoms with E-state index < -0.39 is 5.41 Å². The summed E-state index contributed by atoms with van der Waals surface area (Å²) in [6.07, 6.45) is 0. The molecule has 0 fully saturated rings. The zero-order chi connectivity index (χ0) is 41.0. The van der Waals surface area contributed by atoms with Crippen LogP contribution in [0.1, 0.15) is 22.3 Å². The fourth-order valence-electron chi connectivity index (χ4n) is 9.66. The van der Waals surface area contributed by atoms with Gasteiger partial charge in [-0.05, 0) is 86.0 Å². The number of aromatic nitrogens is 2. The van der Waals surface area contributed by atoms with E-state index in [-0.39, 0.29) is 0 Å². The van der Waals surface area contributed by atoms with Gasteiger partial charge in [0.05, 0.1) is 16.8 Å². The van der Waals surface area contributed by atoms with E-state index in [2.05, 4.69) is 200 Å². The van der Waals surface area contributed by atoms with E-state index >= 15 is 0 Å². The molecule has 1 aliphatic carbocycles. The Hall–Kier alpha value is -8.14. The van der Waals surface area contributed by atoms with Crippen molar-refractivity contribution in [2.45, 2.75) is 5.41 Å². The molecule has 0 atom stereocenters. The van der Waals surface area contributed by atoms with Crippen molar-refractivity contribution < 1.29 is 4.42 Å². The van der Waals surface area contributed by atoms with Gasteiger partial charge in [0.1, 0.15) is 11.2 Å². The molecule has 0 saturated carbocycles. The molecule has 12 rings (SSSR count). The molecule has 0 N–H and O–H groups in total. The van der Waals surface area contributed by atoms with E-state index in [4.69, 9.17) is 14.4 Å². The molecule has 0 amide bonds. The van der Waals surface area contributed by atoms with Crippen LogP contribution in [-0.2, 0) is 5.41 Å². The monoisotopic (exact) mass is 790 g/mol. The van der Waals surface area contributed by atoms with Crippen molar-refractivity contribution in [1.82, 2.24) is 9.97 Å². The number of furan rings is 1. The molecule has 11 aromatic rings. The molecule has 62 heavy (non-hydrogen) atoms. The first-order valence-electron chi connectivity index (χ1n) is 21.1. The average molecular weight is 791 g/mol. The molecule has 0 saturated heterocycles. The molecule has 0 spiro atoms. The van der Waals surface area contributed by atoms with E-state index in [0.29, 0.717) is 5.82 Å². The lowest BCUT2D eigenvalue weighted by molar-refractivity contribution is 0.669. The number of nitrogens with zero attached hydrogens (tertiary/aromatic N) is 2. The molecule has 0 radical (unpaired) electrons. The maximum Gasteiger partial charge on any atom is 0.160 e. The zero-order valence-electron chi connectivity index (χ0n) is 33.7. The topological polar surface area (TPSA) is 38.9 Å². The first-order chi connectivity index (χ1) is 30.7. The second-order valence-electron chi connectivity index (χ2n) is 16.1. The van der Waals surface area contributed by atoms with Crippen molar-refractivity contribution in [3.63, 3.8) is 0 Å². The third kappa shape index (κ3) is 5.82. The van der Waals surface area contributed by atoms with Crippen LogP contribution < -0.4 is 0 Å². The van der Waals surface area contributed by atoms with Gasteiger partial charge in [-0.25, -0.2) is 9.97 Å². The summed E-state index contributed by atoms with van der Waals surface area (Å²) >= 11 is 0. The van der Waals surface area contributed by atoms with Crippen LogP contribution in [-0.4, -0.2) is 9.97 Å². The van der Waals surface area contributed by atoms with Crippen molar-refractivity contribution in [3.8, 4) is 67.3 Å². The highest BCUT2D eigenvalue weighted by atomic mass is 16.3. The first-order valence-corrected chi connectivity index (χ1v) is 21.1. The Kier molecular flexibility index (Phi) is 8.39. The number of hydrogen-bond acceptors (Lipinski definition) is 3. The van der Waals surface area contributed by atoms with Gasteiger partial charge in [-0.3, -0.25) is 0 Å². The van der Waals surface area contributed by atoms with Crippen molar-refractivity contribution in [3.05, 3.63) is 253 Å². The molecule has 9 aromatic carbocycles. The van der Waals surface area contributed by atoms with Crippen LogP contribution in [0.3, 0.4) is 0 Å². The molecule has 3 heteroatoms. The minimum Gasteiger partial charge on any atom is -0.456 e. The minimum atomic E-state index is -0.448. The number of rotatable bonds is 7. The smallest absolute Gasteiger partial charge is 0.160 e. The van der Waals surface area contributed by atoms with Crippen molar-refractivity contribution in [2.75, 3.05) is 0 Å². The second kappa shape index (κ2) is 14.5. The Morgan fingerprint density at radius 2 is 0.790 bits per heavy atom. The summed E-state index contributed by atoms with van der Waals surface area (Å²) in [5.41, 5.74) is 18.3. The van der Waals surface area contributed by atoms with E-state index in [1.54, 1.807) is 0 Å². The van der Waals surface area contributed by atoms with Gasteiger partial charge in [-0.1, -0.05) is 200 Å². The van der Waals surface area contributed by atoms with Crippen LogP contribution in [0.15, 0.2) is 235 Å². The fourth-order valence-corrected chi connectivity index (χ4v) is 9.66. The highest BCUT2D eigenvalue weighted by molar-refractivity contribution is 6.06. The quantitative estimate of drug-likeness (QED) is 0.161. The molecule has 1 aliphatic rings. The van der Waals surface area contributed by atoms with Crippen molar-refractivity contribution in [2.24, 2.45) is 0 Å².